The molecule has 0 amide bonds. The van der Waals surface area contributed by atoms with Gasteiger partial charge in [-0.1, -0.05) is 5.21 Å². The fourth-order valence-corrected chi connectivity index (χ4v) is 0.988. The monoisotopic (exact) mass is 229 g/mol. The molecule has 0 saturated carbocycles. The summed E-state index contributed by atoms with van der Waals surface area (Å²) in [4.78, 5) is 3.92. The molecule has 2 aromatic rings. The van der Waals surface area contributed by atoms with Gasteiger partial charge in [0.15, 0.2) is 5.69 Å². The zero-order chi connectivity index (χ0) is 8.55. The summed E-state index contributed by atoms with van der Waals surface area (Å²) in [5.41, 5.74) is 0.565. The van der Waals surface area contributed by atoms with Crippen LogP contribution in [-0.4, -0.2) is 25.1 Å². The van der Waals surface area contributed by atoms with Crippen molar-refractivity contribution in [2.24, 2.45) is 7.05 Å². The van der Waals surface area contributed by atoms with E-state index in [0.29, 0.717) is 16.3 Å². The molecule has 0 aliphatic rings. The molecule has 0 bridgehead atoms. The third kappa shape index (κ3) is 1.22. The summed E-state index contributed by atoms with van der Waals surface area (Å²) in [5.74, 6) is 0.356. The van der Waals surface area contributed by atoms with E-state index >= 15 is 0 Å². The van der Waals surface area contributed by atoms with Gasteiger partial charge < -0.3 is 4.52 Å². The maximum atomic E-state index is 4.84. The Morgan fingerprint density at radius 3 is 2.92 bits per heavy atom. The molecule has 0 unspecified atom stereocenters. The third-order valence-corrected chi connectivity index (χ3v) is 1.55. The van der Waals surface area contributed by atoms with E-state index in [0.717, 1.165) is 0 Å². The Morgan fingerprint density at radius 1 is 1.58 bits per heavy atom. The molecule has 0 N–H and O–H groups in total. The van der Waals surface area contributed by atoms with E-state index in [1.165, 1.54) is 0 Å². The molecule has 0 atom stereocenters. The van der Waals surface area contributed by atoms with Gasteiger partial charge in [0, 0.05) is 7.05 Å². The van der Waals surface area contributed by atoms with Gasteiger partial charge in [-0.05, 0) is 21.1 Å². The van der Waals surface area contributed by atoms with Gasteiger partial charge in [-0.25, -0.2) is 0 Å². The molecule has 12 heavy (non-hydrogen) atoms. The highest BCUT2D eigenvalue weighted by molar-refractivity contribution is 9.10. The first kappa shape index (κ1) is 7.41. The lowest BCUT2D eigenvalue weighted by Gasteiger charge is -1.79. The van der Waals surface area contributed by atoms with Crippen molar-refractivity contribution < 1.29 is 4.52 Å². The second-order valence-corrected chi connectivity index (χ2v) is 2.86. The molecule has 2 aromatic heterocycles. The Bertz CT molecular complexity index is 356. The highest BCUT2D eigenvalue weighted by atomic mass is 79.9. The minimum atomic E-state index is 0.356. The zero-order valence-electron chi connectivity index (χ0n) is 6.10. The number of halogens is 1. The van der Waals surface area contributed by atoms with Crippen LogP contribution in [0.3, 0.4) is 0 Å². The first-order chi connectivity index (χ1) is 5.75. The van der Waals surface area contributed by atoms with Gasteiger partial charge in [-0.3, -0.25) is 4.68 Å². The Balaban J connectivity index is 2.43. The number of nitrogens with zero attached hydrogens (tertiary/aromatic N) is 5. The van der Waals surface area contributed by atoms with E-state index in [-0.39, 0.29) is 0 Å². The molecular weight excluding hydrogens is 226 g/mol. The lowest BCUT2D eigenvalue weighted by Crippen LogP contribution is -1.85. The van der Waals surface area contributed by atoms with E-state index in [1.807, 2.05) is 0 Å². The third-order valence-electron chi connectivity index (χ3n) is 1.22. The van der Waals surface area contributed by atoms with E-state index in [9.17, 15) is 0 Å². The molecule has 0 fully saturated rings. The summed E-state index contributed by atoms with van der Waals surface area (Å²) in [6.07, 6.45) is 1.69. The maximum absolute atomic E-state index is 4.84. The minimum Gasteiger partial charge on any atom is -0.331 e. The largest absolute Gasteiger partial charge is 0.331 e. The highest BCUT2D eigenvalue weighted by Gasteiger charge is 2.09. The summed E-state index contributed by atoms with van der Waals surface area (Å²) in [7, 11) is 1.77. The topological polar surface area (TPSA) is 69.6 Å². The van der Waals surface area contributed by atoms with Crippen LogP contribution in [0.15, 0.2) is 15.5 Å². The Morgan fingerprint density at radius 2 is 2.42 bits per heavy atom. The number of hydrogen-bond acceptors (Lipinski definition) is 5. The van der Waals surface area contributed by atoms with Crippen molar-refractivity contribution in [1.29, 1.82) is 0 Å². The molecule has 0 saturated heterocycles. The molecule has 0 aliphatic carbocycles. The Hall–Kier alpha value is -1.24. The lowest BCUT2D eigenvalue weighted by atomic mass is 10.5. The first-order valence-corrected chi connectivity index (χ1v) is 3.91. The molecule has 7 heteroatoms. The maximum Gasteiger partial charge on any atom is 0.280 e. The van der Waals surface area contributed by atoms with Crippen LogP contribution in [0.25, 0.3) is 11.6 Å². The molecule has 0 aliphatic heterocycles. The van der Waals surface area contributed by atoms with Gasteiger partial charge in [0.25, 0.3) is 5.89 Å². The van der Waals surface area contributed by atoms with Crippen LogP contribution in [0.2, 0.25) is 0 Å². The summed E-state index contributed by atoms with van der Waals surface area (Å²) in [6, 6.07) is 0. The van der Waals surface area contributed by atoms with Crippen LogP contribution in [0.5, 0.6) is 0 Å². The van der Waals surface area contributed by atoms with Crippen LogP contribution in [0, 0.1) is 0 Å². The normalized spacial score (nSPS) is 10.5. The number of aromatic nitrogens is 5. The van der Waals surface area contributed by atoms with Crippen LogP contribution < -0.4 is 0 Å². The lowest BCUT2D eigenvalue weighted by molar-refractivity contribution is 0.425. The van der Waals surface area contributed by atoms with Crippen LogP contribution in [0.4, 0.5) is 0 Å². The van der Waals surface area contributed by atoms with Crippen molar-refractivity contribution in [3.8, 4) is 11.6 Å². The van der Waals surface area contributed by atoms with Gasteiger partial charge in [0.05, 0.1) is 6.20 Å². The summed E-state index contributed by atoms with van der Waals surface area (Å²) >= 11 is 3.07. The van der Waals surface area contributed by atoms with Crippen molar-refractivity contribution >= 4 is 15.9 Å². The summed E-state index contributed by atoms with van der Waals surface area (Å²) in [6.45, 7) is 0. The molecule has 0 aromatic carbocycles. The van der Waals surface area contributed by atoms with Crippen molar-refractivity contribution in [2.45, 2.75) is 0 Å². The molecule has 2 heterocycles. The quantitative estimate of drug-likeness (QED) is 0.718. The summed E-state index contributed by atoms with van der Waals surface area (Å²) in [5, 5.41) is 11.1. The van der Waals surface area contributed by atoms with E-state index < -0.39 is 0 Å². The zero-order valence-corrected chi connectivity index (χ0v) is 7.69. The van der Waals surface area contributed by atoms with Gasteiger partial charge in [0.1, 0.15) is 0 Å². The van der Waals surface area contributed by atoms with Crippen molar-refractivity contribution in [1.82, 2.24) is 25.1 Å². The average molecular weight is 230 g/mol. The second-order valence-electron chi connectivity index (χ2n) is 2.15. The molecule has 2 rings (SSSR count). The van der Waals surface area contributed by atoms with Gasteiger partial charge in [-0.15, -0.1) is 5.10 Å². The molecule has 62 valence electrons. The van der Waals surface area contributed by atoms with Gasteiger partial charge in [0.2, 0.25) is 4.73 Å². The standard InChI is InChI=1S/C5H4BrN5O/c1-11-2-3(8-10-11)4-7-5(6)9-12-4/h2H,1H3. The molecule has 0 spiro atoms. The molecular formula is C5H4BrN5O. The van der Waals surface area contributed by atoms with E-state index in [1.54, 1.807) is 17.9 Å². The van der Waals surface area contributed by atoms with Crippen LogP contribution in [-0.2, 0) is 7.05 Å². The van der Waals surface area contributed by atoms with Crippen LogP contribution >= 0.6 is 15.9 Å². The fraction of sp³-hybridized carbons (Fsp3) is 0.200. The predicted molar refractivity (Wildman–Crippen MR) is 42.0 cm³/mol. The summed E-state index contributed by atoms with van der Waals surface area (Å²) < 4.78 is 6.81. The van der Waals surface area contributed by atoms with E-state index in [2.05, 4.69) is 36.4 Å². The fourth-order valence-electron chi connectivity index (χ4n) is 0.755. The smallest absolute Gasteiger partial charge is 0.280 e. The minimum absolute atomic E-state index is 0.356. The first-order valence-electron chi connectivity index (χ1n) is 3.11. The Labute approximate surface area is 75.7 Å². The predicted octanol–water partition coefficient (Wildman–Crippen LogP) is 0.628. The van der Waals surface area contributed by atoms with Crippen LogP contribution in [0.1, 0.15) is 0 Å². The second kappa shape index (κ2) is 2.67. The number of rotatable bonds is 1. The molecule has 0 radical (unpaired) electrons. The van der Waals surface area contributed by atoms with Gasteiger partial charge in [-0.2, -0.15) is 4.98 Å². The number of aryl methyl sites for hydroxylation is 1. The average Bonchev–Trinajstić information content (AvgIpc) is 2.58. The molecule has 6 nitrogen and oxygen atoms in total. The highest BCUT2D eigenvalue weighted by Crippen LogP contribution is 2.14. The van der Waals surface area contributed by atoms with Crippen molar-refractivity contribution in [3.05, 3.63) is 10.9 Å². The van der Waals surface area contributed by atoms with E-state index in [4.69, 9.17) is 4.52 Å². The van der Waals surface area contributed by atoms with Gasteiger partial charge >= 0.3 is 0 Å². The Kier molecular flexibility index (Phi) is 1.65. The van der Waals surface area contributed by atoms with Crippen molar-refractivity contribution in [2.75, 3.05) is 0 Å². The number of hydrogen-bond donors (Lipinski definition) is 0. The van der Waals surface area contributed by atoms with Crippen molar-refractivity contribution in [3.63, 3.8) is 0 Å². The SMILES string of the molecule is Cn1cc(-c2nc(Br)no2)nn1.